The first-order valence-corrected chi connectivity index (χ1v) is 6.28. The number of hydrogen-bond acceptors (Lipinski definition) is 4. The van der Waals surface area contributed by atoms with E-state index < -0.39 is 0 Å². The second kappa shape index (κ2) is 5.47. The quantitative estimate of drug-likeness (QED) is 0.866. The van der Waals surface area contributed by atoms with Crippen molar-refractivity contribution < 1.29 is 4.74 Å². The number of nitrogens with zero attached hydrogens (tertiary/aromatic N) is 2. The van der Waals surface area contributed by atoms with Crippen LogP contribution in [-0.2, 0) is 4.74 Å². The molecule has 0 amide bonds. The van der Waals surface area contributed by atoms with Crippen molar-refractivity contribution in [2.45, 2.75) is 32.4 Å². The fourth-order valence-corrected chi connectivity index (χ4v) is 2.06. The minimum atomic E-state index is 0.0553. The average Bonchev–Trinajstić information content (AvgIpc) is 2.39. The average molecular weight is 235 g/mol. The topological polar surface area (TPSA) is 51.4 Å². The van der Waals surface area contributed by atoms with Gasteiger partial charge in [-0.15, -0.1) is 0 Å². The van der Waals surface area contributed by atoms with E-state index >= 15 is 0 Å². The number of ether oxygens (including phenoxy) is 1. The lowest BCUT2D eigenvalue weighted by Gasteiger charge is -2.33. The van der Waals surface area contributed by atoms with Crippen LogP contribution in [0.15, 0.2) is 18.3 Å². The molecule has 0 aromatic carbocycles. The van der Waals surface area contributed by atoms with E-state index in [0.29, 0.717) is 6.10 Å². The fraction of sp³-hybridized carbons (Fsp3) is 0.615. The highest BCUT2D eigenvalue weighted by atomic mass is 16.5. The summed E-state index contributed by atoms with van der Waals surface area (Å²) in [4.78, 5) is 6.71. The molecular weight excluding hydrogens is 214 g/mol. The molecule has 1 saturated heterocycles. The summed E-state index contributed by atoms with van der Waals surface area (Å²) in [5.74, 6) is 1.02. The zero-order valence-corrected chi connectivity index (χ0v) is 10.6. The summed E-state index contributed by atoms with van der Waals surface area (Å²) >= 11 is 0. The molecular formula is C13H21N3O. The van der Waals surface area contributed by atoms with E-state index in [2.05, 4.69) is 22.9 Å². The van der Waals surface area contributed by atoms with Gasteiger partial charge in [0, 0.05) is 25.3 Å². The molecule has 1 aliphatic heterocycles. The molecule has 4 nitrogen and oxygen atoms in total. The highest BCUT2D eigenvalue weighted by molar-refractivity contribution is 5.42. The van der Waals surface area contributed by atoms with Crippen LogP contribution in [0.2, 0.25) is 0 Å². The Bertz CT molecular complexity index is 367. The second-order valence-corrected chi connectivity index (χ2v) is 4.58. The van der Waals surface area contributed by atoms with Crippen molar-refractivity contribution >= 4 is 5.82 Å². The minimum absolute atomic E-state index is 0.0553. The maximum absolute atomic E-state index is 5.89. The van der Waals surface area contributed by atoms with Gasteiger partial charge in [0.15, 0.2) is 0 Å². The second-order valence-electron chi connectivity index (χ2n) is 4.58. The number of aromatic nitrogens is 1. The molecule has 17 heavy (non-hydrogen) atoms. The Morgan fingerprint density at radius 3 is 3.18 bits per heavy atom. The molecule has 2 unspecified atom stereocenters. The lowest BCUT2D eigenvalue weighted by atomic mass is 10.1. The van der Waals surface area contributed by atoms with E-state index in [1.807, 2.05) is 19.2 Å². The highest BCUT2D eigenvalue weighted by Crippen LogP contribution is 2.19. The Balaban J connectivity index is 2.13. The lowest BCUT2D eigenvalue weighted by Crippen LogP contribution is -2.42. The number of morpholine rings is 1. The maximum Gasteiger partial charge on any atom is 0.128 e. The third-order valence-corrected chi connectivity index (χ3v) is 3.21. The minimum Gasteiger partial charge on any atom is -0.375 e. The number of rotatable bonds is 3. The molecule has 1 fully saturated rings. The molecule has 2 rings (SSSR count). The van der Waals surface area contributed by atoms with E-state index in [1.54, 1.807) is 0 Å². The SMILES string of the molecule is CCC1CN(c2cc(C(C)N)ccn2)CCO1. The van der Waals surface area contributed by atoms with Gasteiger partial charge in [0.25, 0.3) is 0 Å². The zero-order valence-electron chi connectivity index (χ0n) is 10.6. The Hall–Kier alpha value is -1.13. The van der Waals surface area contributed by atoms with E-state index in [9.17, 15) is 0 Å². The molecule has 2 heterocycles. The molecule has 0 bridgehead atoms. The van der Waals surface area contributed by atoms with Gasteiger partial charge in [-0.2, -0.15) is 0 Å². The van der Waals surface area contributed by atoms with Gasteiger partial charge >= 0.3 is 0 Å². The summed E-state index contributed by atoms with van der Waals surface area (Å²) in [6, 6.07) is 4.12. The standard InChI is InChI=1S/C13H21N3O/c1-3-12-9-16(6-7-17-12)13-8-11(10(2)14)4-5-15-13/h4-5,8,10,12H,3,6-7,9,14H2,1-2H3. The summed E-state index contributed by atoms with van der Waals surface area (Å²) < 4.78 is 5.66. The maximum atomic E-state index is 5.89. The summed E-state index contributed by atoms with van der Waals surface area (Å²) in [7, 11) is 0. The van der Waals surface area contributed by atoms with Crippen LogP contribution in [0.5, 0.6) is 0 Å². The third-order valence-electron chi connectivity index (χ3n) is 3.21. The van der Waals surface area contributed by atoms with Crippen LogP contribution in [0.4, 0.5) is 5.82 Å². The number of hydrogen-bond donors (Lipinski definition) is 1. The smallest absolute Gasteiger partial charge is 0.128 e. The summed E-state index contributed by atoms with van der Waals surface area (Å²) in [5.41, 5.74) is 7.03. The fourth-order valence-electron chi connectivity index (χ4n) is 2.06. The number of anilines is 1. The predicted octanol–water partition coefficient (Wildman–Crippen LogP) is 1.72. The number of nitrogens with two attached hydrogens (primary N) is 1. The normalized spacial score (nSPS) is 22.5. The first kappa shape index (κ1) is 12.3. The van der Waals surface area contributed by atoms with Gasteiger partial charge < -0.3 is 15.4 Å². The van der Waals surface area contributed by atoms with E-state index in [0.717, 1.165) is 37.5 Å². The van der Waals surface area contributed by atoms with Crippen molar-refractivity contribution in [2.24, 2.45) is 5.73 Å². The first-order valence-electron chi connectivity index (χ1n) is 6.28. The summed E-state index contributed by atoms with van der Waals surface area (Å²) in [6.07, 6.45) is 3.21. The summed E-state index contributed by atoms with van der Waals surface area (Å²) in [5, 5.41) is 0. The van der Waals surface area contributed by atoms with Gasteiger partial charge in [-0.25, -0.2) is 4.98 Å². The van der Waals surface area contributed by atoms with Crippen molar-refractivity contribution in [3.63, 3.8) is 0 Å². The van der Waals surface area contributed by atoms with Crippen LogP contribution in [-0.4, -0.2) is 30.8 Å². The van der Waals surface area contributed by atoms with Gasteiger partial charge in [0.2, 0.25) is 0 Å². The van der Waals surface area contributed by atoms with Crippen molar-refractivity contribution in [1.82, 2.24) is 4.98 Å². The van der Waals surface area contributed by atoms with Crippen LogP contribution >= 0.6 is 0 Å². The Labute approximate surface area is 103 Å². The Morgan fingerprint density at radius 2 is 2.47 bits per heavy atom. The van der Waals surface area contributed by atoms with Crippen molar-refractivity contribution in [2.75, 3.05) is 24.6 Å². The van der Waals surface area contributed by atoms with E-state index in [4.69, 9.17) is 10.5 Å². The van der Waals surface area contributed by atoms with Gasteiger partial charge in [0.1, 0.15) is 5.82 Å². The third kappa shape index (κ3) is 2.96. The molecule has 0 spiro atoms. The lowest BCUT2D eigenvalue weighted by molar-refractivity contribution is 0.0381. The molecule has 2 atom stereocenters. The van der Waals surface area contributed by atoms with Gasteiger partial charge in [-0.1, -0.05) is 6.92 Å². The monoisotopic (exact) mass is 235 g/mol. The molecule has 0 aliphatic carbocycles. The molecule has 2 N–H and O–H groups in total. The van der Waals surface area contributed by atoms with Crippen molar-refractivity contribution in [3.8, 4) is 0 Å². The highest BCUT2D eigenvalue weighted by Gasteiger charge is 2.20. The zero-order chi connectivity index (χ0) is 12.3. The molecule has 94 valence electrons. The molecule has 1 aromatic heterocycles. The Kier molecular flexibility index (Phi) is 3.97. The van der Waals surface area contributed by atoms with E-state index in [-0.39, 0.29) is 6.04 Å². The van der Waals surface area contributed by atoms with Crippen molar-refractivity contribution in [1.29, 1.82) is 0 Å². The van der Waals surface area contributed by atoms with Gasteiger partial charge in [0.05, 0.1) is 12.7 Å². The van der Waals surface area contributed by atoms with E-state index in [1.165, 1.54) is 0 Å². The molecule has 1 aromatic rings. The van der Waals surface area contributed by atoms with Gasteiger partial charge in [-0.05, 0) is 31.0 Å². The predicted molar refractivity (Wildman–Crippen MR) is 69.1 cm³/mol. The Morgan fingerprint density at radius 1 is 1.65 bits per heavy atom. The molecule has 0 radical (unpaired) electrons. The van der Waals surface area contributed by atoms with Crippen LogP contribution < -0.4 is 10.6 Å². The van der Waals surface area contributed by atoms with Crippen LogP contribution in [0.3, 0.4) is 0 Å². The van der Waals surface area contributed by atoms with Crippen molar-refractivity contribution in [3.05, 3.63) is 23.9 Å². The largest absolute Gasteiger partial charge is 0.375 e. The first-order chi connectivity index (χ1) is 8.20. The molecule has 1 aliphatic rings. The van der Waals surface area contributed by atoms with Gasteiger partial charge in [-0.3, -0.25) is 0 Å². The van der Waals surface area contributed by atoms with Crippen LogP contribution in [0.25, 0.3) is 0 Å². The molecule has 0 saturated carbocycles. The molecule has 4 heteroatoms. The van der Waals surface area contributed by atoms with Crippen LogP contribution in [0, 0.1) is 0 Å². The number of pyridine rings is 1. The summed E-state index contributed by atoms with van der Waals surface area (Å²) in [6.45, 7) is 6.76. The van der Waals surface area contributed by atoms with Crippen LogP contribution in [0.1, 0.15) is 31.9 Å².